The minimum absolute atomic E-state index is 0.728. The Bertz CT molecular complexity index is 400. The third-order valence-corrected chi connectivity index (χ3v) is 3.42. The van der Waals surface area contributed by atoms with Crippen LogP contribution < -0.4 is 0 Å². The van der Waals surface area contributed by atoms with Crippen LogP contribution in [0.25, 0.3) is 0 Å². The molecule has 0 aliphatic rings. The molecule has 0 saturated heterocycles. The number of hydrogen-bond donors (Lipinski definition) is 0. The van der Waals surface area contributed by atoms with Gasteiger partial charge in [0.1, 0.15) is 0 Å². The van der Waals surface area contributed by atoms with E-state index in [1.807, 2.05) is 12.1 Å². The quantitative estimate of drug-likeness (QED) is 0.501. The highest BCUT2D eigenvalue weighted by molar-refractivity contribution is 7.78. The minimum atomic E-state index is 0.728. The Morgan fingerprint density at radius 3 is 2.17 bits per heavy atom. The second-order valence-electron chi connectivity index (χ2n) is 5.71. The fourth-order valence-corrected chi connectivity index (χ4v) is 2.36. The van der Waals surface area contributed by atoms with Crippen molar-refractivity contribution >= 4 is 23.1 Å². The Hall–Kier alpha value is -0.980. The van der Waals surface area contributed by atoms with Crippen molar-refractivity contribution in [3.63, 3.8) is 0 Å². The third-order valence-electron chi connectivity index (χ3n) is 3.33. The van der Waals surface area contributed by atoms with E-state index in [1.54, 1.807) is 0 Å². The van der Waals surface area contributed by atoms with Crippen molar-refractivity contribution in [2.75, 3.05) is 0 Å². The van der Waals surface area contributed by atoms with Gasteiger partial charge in [-0.05, 0) is 60.5 Å². The van der Waals surface area contributed by atoms with Crippen LogP contribution in [-0.2, 0) is 6.42 Å². The lowest BCUT2D eigenvalue weighted by molar-refractivity contribution is 0.315. The molecule has 0 amide bonds. The van der Waals surface area contributed by atoms with E-state index in [-0.39, 0.29) is 0 Å². The van der Waals surface area contributed by atoms with E-state index in [0.717, 1.165) is 29.9 Å². The lowest BCUT2D eigenvalue weighted by atomic mass is 9.83. The van der Waals surface area contributed by atoms with Crippen molar-refractivity contribution in [1.82, 2.24) is 0 Å². The number of rotatable bonds is 6. The zero-order chi connectivity index (χ0) is 13.5. The number of hydrogen-bond acceptors (Lipinski definition) is 2. The summed E-state index contributed by atoms with van der Waals surface area (Å²) in [6.07, 6.45) is 2.44. The van der Waals surface area contributed by atoms with Gasteiger partial charge in [0.25, 0.3) is 0 Å². The minimum Gasteiger partial charge on any atom is -0.195 e. The summed E-state index contributed by atoms with van der Waals surface area (Å²) in [6.45, 7) is 9.23. The molecule has 0 aliphatic heterocycles. The van der Waals surface area contributed by atoms with Crippen molar-refractivity contribution < 1.29 is 0 Å². The van der Waals surface area contributed by atoms with Crippen molar-refractivity contribution in [1.29, 1.82) is 0 Å². The Labute approximate surface area is 116 Å². The van der Waals surface area contributed by atoms with Gasteiger partial charge in [0, 0.05) is 0 Å². The first-order chi connectivity index (χ1) is 8.52. The van der Waals surface area contributed by atoms with Gasteiger partial charge in [-0.2, -0.15) is 4.99 Å². The molecular weight excluding hydrogens is 238 g/mol. The number of nitrogens with zero attached hydrogens (tertiary/aromatic N) is 1. The van der Waals surface area contributed by atoms with E-state index in [1.165, 1.54) is 12.0 Å². The van der Waals surface area contributed by atoms with Gasteiger partial charge in [-0.15, -0.1) is 0 Å². The second kappa shape index (κ2) is 7.45. The molecule has 1 aromatic rings. The Kier molecular flexibility index (Phi) is 6.24. The van der Waals surface area contributed by atoms with Crippen molar-refractivity contribution in [2.24, 2.45) is 22.7 Å². The summed E-state index contributed by atoms with van der Waals surface area (Å²) in [5.74, 6) is 2.24. The van der Waals surface area contributed by atoms with Crippen LogP contribution in [-0.4, -0.2) is 5.16 Å². The maximum atomic E-state index is 4.60. The first-order valence-electron chi connectivity index (χ1n) is 6.69. The summed E-state index contributed by atoms with van der Waals surface area (Å²) in [5.41, 5.74) is 2.27. The van der Waals surface area contributed by atoms with Gasteiger partial charge in [0.2, 0.25) is 0 Å². The van der Waals surface area contributed by atoms with Crippen molar-refractivity contribution in [3.05, 3.63) is 29.8 Å². The number of thiocarbonyl (C=S) groups is 1. The molecule has 0 saturated carbocycles. The Morgan fingerprint density at radius 2 is 1.72 bits per heavy atom. The van der Waals surface area contributed by atoms with Crippen LogP contribution in [0.1, 0.15) is 39.7 Å². The van der Waals surface area contributed by atoms with Gasteiger partial charge < -0.3 is 0 Å². The normalized spacial score (nSPS) is 12.6. The summed E-state index contributed by atoms with van der Waals surface area (Å²) >= 11 is 4.60. The molecule has 18 heavy (non-hydrogen) atoms. The maximum Gasteiger partial charge on any atom is 0.0739 e. The van der Waals surface area contributed by atoms with Gasteiger partial charge in [0.15, 0.2) is 0 Å². The molecule has 1 unspecified atom stereocenters. The molecule has 0 N–H and O–H groups in total. The second-order valence-corrected chi connectivity index (χ2v) is 5.89. The van der Waals surface area contributed by atoms with E-state index in [0.29, 0.717) is 0 Å². The topological polar surface area (TPSA) is 12.4 Å². The van der Waals surface area contributed by atoms with Gasteiger partial charge >= 0.3 is 0 Å². The first-order valence-corrected chi connectivity index (χ1v) is 7.10. The van der Waals surface area contributed by atoms with Gasteiger partial charge in [-0.25, -0.2) is 0 Å². The fraction of sp³-hybridized carbons (Fsp3) is 0.562. The fourth-order valence-electron chi connectivity index (χ4n) is 2.26. The largest absolute Gasteiger partial charge is 0.195 e. The van der Waals surface area contributed by atoms with Crippen LogP contribution in [0.5, 0.6) is 0 Å². The van der Waals surface area contributed by atoms with Crippen molar-refractivity contribution in [3.8, 4) is 0 Å². The molecule has 0 heterocycles. The molecule has 0 fully saturated rings. The zero-order valence-corrected chi connectivity index (χ0v) is 12.6. The summed E-state index contributed by atoms with van der Waals surface area (Å²) in [4.78, 5) is 3.98. The molecule has 0 bridgehead atoms. The summed E-state index contributed by atoms with van der Waals surface area (Å²) < 4.78 is 0. The van der Waals surface area contributed by atoms with Crippen LogP contribution in [0.15, 0.2) is 29.3 Å². The van der Waals surface area contributed by atoms with E-state index in [9.17, 15) is 0 Å². The molecule has 1 rings (SSSR count). The number of benzene rings is 1. The molecule has 1 atom stereocenters. The van der Waals surface area contributed by atoms with E-state index < -0.39 is 0 Å². The number of isothiocyanates is 1. The molecule has 1 aromatic carbocycles. The third kappa shape index (κ3) is 5.12. The molecule has 0 spiro atoms. The predicted molar refractivity (Wildman–Crippen MR) is 82.6 cm³/mol. The highest BCUT2D eigenvalue weighted by atomic mass is 32.1. The van der Waals surface area contributed by atoms with Crippen LogP contribution in [0, 0.1) is 17.8 Å². The van der Waals surface area contributed by atoms with Crippen LogP contribution in [0.3, 0.4) is 0 Å². The smallest absolute Gasteiger partial charge is 0.0739 e. The Balaban J connectivity index is 2.71. The maximum absolute atomic E-state index is 4.60. The summed E-state index contributed by atoms with van der Waals surface area (Å²) in [6, 6.07) is 8.34. The van der Waals surface area contributed by atoms with Gasteiger partial charge in [-0.3, -0.25) is 0 Å². The molecule has 1 nitrogen and oxygen atoms in total. The van der Waals surface area contributed by atoms with Crippen LogP contribution >= 0.6 is 12.2 Å². The van der Waals surface area contributed by atoms with Crippen LogP contribution in [0.4, 0.5) is 5.69 Å². The first kappa shape index (κ1) is 15.1. The van der Waals surface area contributed by atoms with E-state index >= 15 is 0 Å². The van der Waals surface area contributed by atoms with Gasteiger partial charge in [0.05, 0.1) is 10.8 Å². The average Bonchev–Trinajstić information content (AvgIpc) is 2.30. The van der Waals surface area contributed by atoms with E-state index in [4.69, 9.17) is 0 Å². The lowest BCUT2D eigenvalue weighted by Crippen LogP contribution is -2.14. The molecule has 98 valence electrons. The van der Waals surface area contributed by atoms with Crippen molar-refractivity contribution in [2.45, 2.75) is 40.5 Å². The summed E-state index contributed by atoms with van der Waals surface area (Å²) in [7, 11) is 0. The van der Waals surface area contributed by atoms with Gasteiger partial charge in [-0.1, -0.05) is 39.8 Å². The highest BCUT2D eigenvalue weighted by Gasteiger charge is 2.15. The monoisotopic (exact) mass is 261 g/mol. The summed E-state index contributed by atoms with van der Waals surface area (Å²) in [5, 5.41) is 2.40. The molecular formula is C16H23NS. The Morgan fingerprint density at radius 1 is 1.11 bits per heavy atom. The number of aliphatic imine (C=N–C) groups is 1. The molecule has 0 aromatic heterocycles. The standard InChI is InChI=1S/C16H23NS/c1-12(2)9-15(13(3)4)10-14-5-7-16(8-6-14)17-11-18/h5-8,12-13,15H,9-10H2,1-4H3. The van der Waals surface area contributed by atoms with Crippen LogP contribution in [0.2, 0.25) is 0 Å². The highest BCUT2D eigenvalue weighted by Crippen LogP contribution is 2.25. The van der Waals surface area contributed by atoms with E-state index in [2.05, 4.69) is 62.2 Å². The molecule has 2 heteroatoms. The SMILES string of the molecule is CC(C)CC(Cc1ccc(N=C=S)cc1)C(C)C. The molecule has 0 radical (unpaired) electrons. The molecule has 0 aliphatic carbocycles. The average molecular weight is 261 g/mol. The lowest BCUT2D eigenvalue weighted by Gasteiger charge is -2.23. The predicted octanol–water partition coefficient (Wildman–Crippen LogP) is 5.28. The zero-order valence-electron chi connectivity index (χ0n) is 11.8.